The highest BCUT2D eigenvalue weighted by Gasteiger charge is 2.44. The Morgan fingerprint density at radius 1 is 1.03 bits per heavy atom. The monoisotopic (exact) mass is 407 g/mol. The summed E-state index contributed by atoms with van der Waals surface area (Å²) < 4.78 is 13.2. The molecular formula is C22H21N3O5. The van der Waals surface area contributed by atoms with Crippen LogP contribution in [0.5, 0.6) is 11.5 Å². The average molecular weight is 407 g/mol. The molecule has 154 valence electrons. The zero-order chi connectivity index (χ0) is 20.7. The Morgan fingerprint density at radius 2 is 1.77 bits per heavy atom. The number of aromatic nitrogens is 2. The molecular weight excluding hydrogens is 386 g/mol. The summed E-state index contributed by atoms with van der Waals surface area (Å²) in [5.41, 5.74) is -0.0955. The van der Waals surface area contributed by atoms with Gasteiger partial charge in [0.2, 0.25) is 5.91 Å². The van der Waals surface area contributed by atoms with Gasteiger partial charge in [0.05, 0.1) is 17.3 Å². The summed E-state index contributed by atoms with van der Waals surface area (Å²) in [6.45, 7) is 0.0679. The topological polar surface area (TPSA) is 102 Å². The van der Waals surface area contributed by atoms with Crippen LogP contribution in [0.3, 0.4) is 0 Å². The molecule has 1 aromatic heterocycles. The maximum atomic E-state index is 12.5. The highest BCUT2D eigenvalue weighted by atomic mass is 16.7. The van der Waals surface area contributed by atoms with Crippen molar-refractivity contribution in [3.63, 3.8) is 0 Å². The molecule has 1 aliphatic heterocycles. The number of anilines is 1. The van der Waals surface area contributed by atoms with Crippen molar-refractivity contribution < 1.29 is 14.3 Å². The smallest absolute Gasteiger partial charge is 0.273 e. The molecule has 1 aliphatic carbocycles. The first-order valence-electron chi connectivity index (χ1n) is 10.1. The molecule has 1 fully saturated rings. The first-order valence-corrected chi connectivity index (χ1v) is 10.1. The van der Waals surface area contributed by atoms with Gasteiger partial charge < -0.3 is 14.8 Å². The van der Waals surface area contributed by atoms with Crippen LogP contribution in [-0.4, -0.2) is 21.5 Å². The van der Waals surface area contributed by atoms with Crippen LogP contribution < -0.4 is 25.9 Å². The highest BCUT2D eigenvalue weighted by Crippen LogP contribution is 2.47. The molecule has 8 nitrogen and oxygen atoms in total. The SMILES string of the molecule is O=C(CCn1[nH]c(=O)c2ccccc2c1=O)Nc1ccc2c(c1)OC1(CCCC1)O2. The normalized spacial score (nSPS) is 16.3. The third kappa shape index (κ3) is 3.24. The van der Waals surface area contributed by atoms with E-state index in [1.807, 2.05) is 0 Å². The molecule has 5 rings (SSSR count). The van der Waals surface area contributed by atoms with Gasteiger partial charge in [0, 0.05) is 31.0 Å². The van der Waals surface area contributed by atoms with Crippen LogP contribution >= 0.6 is 0 Å². The number of hydrogen-bond acceptors (Lipinski definition) is 5. The van der Waals surface area contributed by atoms with E-state index in [-0.39, 0.29) is 30.0 Å². The maximum absolute atomic E-state index is 12.5. The number of benzene rings is 2. The van der Waals surface area contributed by atoms with E-state index < -0.39 is 5.79 Å². The minimum absolute atomic E-state index is 0.0343. The summed E-state index contributed by atoms with van der Waals surface area (Å²) in [6.07, 6.45) is 3.92. The van der Waals surface area contributed by atoms with Gasteiger partial charge in [0.1, 0.15) is 0 Å². The van der Waals surface area contributed by atoms with Gasteiger partial charge in [-0.05, 0) is 37.1 Å². The number of nitrogens with one attached hydrogen (secondary N) is 2. The Kier molecular flexibility index (Phi) is 4.34. The van der Waals surface area contributed by atoms with Gasteiger partial charge in [-0.1, -0.05) is 12.1 Å². The summed E-state index contributed by atoms with van der Waals surface area (Å²) in [4.78, 5) is 37.1. The lowest BCUT2D eigenvalue weighted by Gasteiger charge is -2.21. The van der Waals surface area contributed by atoms with Gasteiger partial charge >= 0.3 is 0 Å². The van der Waals surface area contributed by atoms with Crippen LogP contribution in [0, 0.1) is 0 Å². The molecule has 2 N–H and O–H groups in total. The molecule has 0 bridgehead atoms. The number of aromatic amines is 1. The number of aryl methyl sites for hydroxylation is 1. The van der Waals surface area contributed by atoms with E-state index in [4.69, 9.17) is 9.47 Å². The molecule has 0 unspecified atom stereocenters. The Balaban J connectivity index is 1.27. The molecule has 1 saturated carbocycles. The van der Waals surface area contributed by atoms with Gasteiger partial charge in [0.15, 0.2) is 11.5 Å². The number of carbonyl (C=O) groups excluding carboxylic acids is 1. The van der Waals surface area contributed by atoms with Gasteiger partial charge in [-0.2, -0.15) is 0 Å². The third-order valence-electron chi connectivity index (χ3n) is 5.63. The van der Waals surface area contributed by atoms with E-state index in [9.17, 15) is 14.4 Å². The second-order valence-corrected chi connectivity index (χ2v) is 7.72. The molecule has 2 aliphatic rings. The van der Waals surface area contributed by atoms with Crippen molar-refractivity contribution in [2.24, 2.45) is 0 Å². The van der Waals surface area contributed by atoms with E-state index >= 15 is 0 Å². The number of rotatable bonds is 4. The number of amides is 1. The lowest BCUT2D eigenvalue weighted by atomic mass is 10.2. The second-order valence-electron chi connectivity index (χ2n) is 7.72. The average Bonchev–Trinajstić information content (AvgIpc) is 3.35. The minimum atomic E-state index is -0.548. The van der Waals surface area contributed by atoms with E-state index in [1.165, 1.54) is 4.68 Å². The number of fused-ring (bicyclic) bond motifs is 2. The van der Waals surface area contributed by atoms with Crippen molar-refractivity contribution in [3.8, 4) is 11.5 Å². The summed E-state index contributed by atoms with van der Waals surface area (Å²) in [5, 5.41) is 6.01. The van der Waals surface area contributed by atoms with Gasteiger partial charge in [-0.25, -0.2) is 4.68 Å². The molecule has 1 spiro atoms. The Hall–Kier alpha value is -3.55. The number of nitrogens with zero attached hydrogens (tertiary/aromatic N) is 1. The maximum Gasteiger partial charge on any atom is 0.273 e. The fourth-order valence-electron chi connectivity index (χ4n) is 4.13. The molecule has 0 saturated heterocycles. The van der Waals surface area contributed by atoms with Crippen LogP contribution in [0.2, 0.25) is 0 Å². The number of carbonyl (C=O) groups is 1. The van der Waals surface area contributed by atoms with E-state index in [1.54, 1.807) is 42.5 Å². The molecule has 0 radical (unpaired) electrons. The van der Waals surface area contributed by atoms with Crippen molar-refractivity contribution in [3.05, 3.63) is 63.2 Å². The first-order chi connectivity index (χ1) is 14.5. The van der Waals surface area contributed by atoms with Crippen molar-refractivity contribution in [1.29, 1.82) is 0 Å². The largest absolute Gasteiger partial charge is 0.448 e. The number of ether oxygens (including phenoxy) is 2. The van der Waals surface area contributed by atoms with Crippen LogP contribution in [0.15, 0.2) is 52.1 Å². The van der Waals surface area contributed by atoms with Gasteiger partial charge in [0.25, 0.3) is 16.9 Å². The lowest BCUT2D eigenvalue weighted by Crippen LogP contribution is -2.34. The Bertz CT molecular complexity index is 1250. The quantitative estimate of drug-likeness (QED) is 0.692. The molecule has 30 heavy (non-hydrogen) atoms. The molecule has 8 heteroatoms. The van der Waals surface area contributed by atoms with Crippen molar-refractivity contribution in [2.45, 2.75) is 44.4 Å². The zero-order valence-electron chi connectivity index (χ0n) is 16.3. The Labute approximate surface area is 171 Å². The van der Waals surface area contributed by atoms with Crippen LogP contribution in [0.25, 0.3) is 10.8 Å². The molecule has 0 atom stereocenters. The van der Waals surface area contributed by atoms with E-state index in [2.05, 4.69) is 10.4 Å². The number of hydrogen-bond donors (Lipinski definition) is 2. The second kappa shape index (κ2) is 7.05. The molecule has 2 aromatic carbocycles. The first kappa shape index (κ1) is 18.5. The predicted molar refractivity (Wildman–Crippen MR) is 111 cm³/mol. The summed E-state index contributed by atoms with van der Waals surface area (Å²) in [5.74, 6) is 0.499. The van der Waals surface area contributed by atoms with Gasteiger partial charge in [-0.15, -0.1) is 0 Å². The minimum Gasteiger partial charge on any atom is -0.448 e. The van der Waals surface area contributed by atoms with Crippen LogP contribution in [-0.2, 0) is 11.3 Å². The summed E-state index contributed by atoms with van der Waals surface area (Å²) in [6, 6.07) is 11.9. The van der Waals surface area contributed by atoms with Crippen LogP contribution in [0.4, 0.5) is 5.69 Å². The summed E-state index contributed by atoms with van der Waals surface area (Å²) in [7, 11) is 0. The van der Waals surface area contributed by atoms with Crippen molar-refractivity contribution >= 4 is 22.4 Å². The zero-order valence-corrected chi connectivity index (χ0v) is 16.3. The fraction of sp³-hybridized carbons (Fsp3) is 0.318. The highest BCUT2D eigenvalue weighted by molar-refractivity contribution is 5.91. The van der Waals surface area contributed by atoms with Crippen LogP contribution in [0.1, 0.15) is 32.1 Å². The van der Waals surface area contributed by atoms with Gasteiger partial charge in [-0.3, -0.25) is 19.5 Å². The number of H-pyrrole nitrogens is 1. The molecule has 3 aromatic rings. The van der Waals surface area contributed by atoms with Crippen molar-refractivity contribution in [2.75, 3.05) is 5.32 Å². The fourth-order valence-corrected chi connectivity index (χ4v) is 4.13. The third-order valence-corrected chi connectivity index (χ3v) is 5.63. The Morgan fingerprint density at radius 3 is 2.57 bits per heavy atom. The van der Waals surface area contributed by atoms with Crippen molar-refractivity contribution in [1.82, 2.24) is 9.78 Å². The predicted octanol–water partition coefficient (Wildman–Crippen LogP) is 2.76. The standard InChI is InChI=1S/C22H21N3O5/c26-19(9-12-25-21(28)16-6-2-1-5-15(16)20(27)24-25)23-14-7-8-17-18(13-14)30-22(29-17)10-3-4-11-22/h1-2,5-8,13H,3-4,9-12H2,(H,23,26)(H,24,27). The summed E-state index contributed by atoms with van der Waals surface area (Å²) >= 11 is 0. The molecule has 1 amide bonds. The lowest BCUT2D eigenvalue weighted by molar-refractivity contribution is -0.116. The van der Waals surface area contributed by atoms with E-state index in [0.717, 1.165) is 25.7 Å². The molecule has 2 heterocycles. The van der Waals surface area contributed by atoms with E-state index in [0.29, 0.717) is 28.0 Å².